The Labute approximate surface area is 318 Å². The van der Waals surface area contributed by atoms with Crippen molar-refractivity contribution in [1.82, 2.24) is 0 Å². The third kappa shape index (κ3) is 6.75. The van der Waals surface area contributed by atoms with Crippen molar-refractivity contribution < 1.29 is 64.3 Å². The van der Waals surface area contributed by atoms with E-state index in [1.54, 1.807) is 0 Å². The highest BCUT2D eigenvalue weighted by atomic mass is 16.7. The standard InChI is InChI=1S/C41H64O13/c1-21(22(2)42)10-15-41(36(50)54-35-33(49)31(47)30(46)25(53-35)20-52-34-32(48)29(45)24(43)19-51-34)17-16-39(6)23(18-41)8-9-27-38(5)13-12-28(44)37(3,4)26(38)11-14-40(27,39)7/h8-9,18,21,24-35,43-49H,10-17,19-20H2,1-7H3/t21-,24-,25-,26+,27-,28+,29+,30-,31+,32-,33-,34+,35+,38+,39-,40-,41+/m1/s1. The molecule has 17 atom stereocenters. The lowest BCUT2D eigenvalue weighted by molar-refractivity contribution is -0.316. The lowest BCUT2D eigenvalue weighted by Gasteiger charge is -2.68. The number of rotatable bonds is 9. The number of Topliss-reactive ketones (excluding diaryl/α,β-unsaturated/α-hetero) is 1. The van der Waals surface area contributed by atoms with E-state index >= 15 is 0 Å². The summed E-state index contributed by atoms with van der Waals surface area (Å²) in [6, 6.07) is 0. The van der Waals surface area contributed by atoms with Gasteiger partial charge in [0.1, 0.15) is 48.5 Å². The van der Waals surface area contributed by atoms with E-state index in [9.17, 15) is 45.3 Å². The number of esters is 1. The second kappa shape index (κ2) is 14.9. The average molecular weight is 765 g/mol. The first-order chi connectivity index (χ1) is 25.1. The van der Waals surface area contributed by atoms with Crippen LogP contribution in [0.2, 0.25) is 0 Å². The quantitative estimate of drug-likeness (QED) is 0.168. The number of carbonyl (C=O) groups is 2. The van der Waals surface area contributed by atoms with Crippen molar-refractivity contribution in [3.63, 3.8) is 0 Å². The Kier molecular flexibility index (Phi) is 11.5. The van der Waals surface area contributed by atoms with Crippen LogP contribution in [0.15, 0.2) is 23.8 Å². The van der Waals surface area contributed by atoms with E-state index in [1.165, 1.54) is 6.92 Å². The van der Waals surface area contributed by atoms with Crippen LogP contribution in [0.5, 0.6) is 0 Å². The molecule has 6 aliphatic rings. The van der Waals surface area contributed by atoms with Crippen LogP contribution in [0.3, 0.4) is 0 Å². The number of carbonyl (C=O) groups excluding carboxylic acids is 2. The minimum atomic E-state index is -1.80. The van der Waals surface area contributed by atoms with Gasteiger partial charge in [-0.05, 0) is 97.4 Å². The van der Waals surface area contributed by atoms with Gasteiger partial charge in [0.05, 0.1) is 24.7 Å². The molecule has 0 aromatic carbocycles. The van der Waals surface area contributed by atoms with Crippen LogP contribution in [-0.4, -0.2) is 122 Å². The molecule has 13 nitrogen and oxygen atoms in total. The molecule has 0 spiro atoms. The van der Waals surface area contributed by atoms with Crippen LogP contribution in [-0.2, 0) is 28.5 Å². The number of fused-ring (bicyclic) bond motifs is 5. The maximum Gasteiger partial charge on any atom is 0.318 e. The number of aliphatic hydroxyl groups excluding tert-OH is 7. The maximum atomic E-state index is 14.5. The third-order valence-electron chi connectivity index (χ3n) is 15.6. The first-order valence-electron chi connectivity index (χ1n) is 19.9. The fourth-order valence-corrected chi connectivity index (χ4v) is 11.4. The van der Waals surface area contributed by atoms with Crippen LogP contribution >= 0.6 is 0 Å². The molecular formula is C41H64O13. The predicted octanol–water partition coefficient (Wildman–Crippen LogP) is 2.30. The molecule has 0 radical (unpaired) electrons. The van der Waals surface area contributed by atoms with Gasteiger partial charge in [-0.15, -0.1) is 0 Å². The predicted molar refractivity (Wildman–Crippen MR) is 194 cm³/mol. The van der Waals surface area contributed by atoms with Crippen molar-refractivity contribution in [2.45, 2.75) is 161 Å². The number of hydrogen-bond acceptors (Lipinski definition) is 13. The minimum absolute atomic E-state index is 0.00495. The highest BCUT2D eigenvalue weighted by Gasteiger charge is 2.66. The van der Waals surface area contributed by atoms with Gasteiger partial charge >= 0.3 is 5.97 Å². The molecular weight excluding hydrogens is 700 g/mol. The van der Waals surface area contributed by atoms with Crippen molar-refractivity contribution in [2.75, 3.05) is 13.2 Å². The Morgan fingerprint density at radius 2 is 1.56 bits per heavy atom. The molecule has 54 heavy (non-hydrogen) atoms. The summed E-state index contributed by atoms with van der Waals surface area (Å²) in [5.41, 5.74) is -0.766. The fourth-order valence-electron chi connectivity index (χ4n) is 11.4. The van der Waals surface area contributed by atoms with Crippen molar-refractivity contribution in [3.8, 4) is 0 Å². The summed E-state index contributed by atoms with van der Waals surface area (Å²) < 4.78 is 22.6. The largest absolute Gasteiger partial charge is 0.432 e. The van der Waals surface area contributed by atoms with Crippen molar-refractivity contribution in [2.24, 2.45) is 44.8 Å². The van der Waals surface area contributed by atoms with Crippen LogP contribution in [0.1, 0.15) is 99.8 Å². The zero-order valence-electron chi connectivity index (χ0n) is 32.9. The number of allylic oxidation sites excluding steroid dienone is 3. The summed E-state index contributed by atoms with van der Waals surface area (Å²) in [4.78, 5) is 26.9. The van der Waals surface area contributed by atoms with Gasteiger partial charge in [-0.1, -0.05) is 59.8 Å². The van der Waals surface area contributed by atoms with Gasteiger partial charge in [-0.25, -0.2) is 0 Å². The van der Waals surface area contributed by atoms with Gasteiger partial charge in [0.25, 0.3) is 0 Å². The van der Waals surface area contributed by atoms with Gasteiger partial charge in [-0.3, -0.25) is 9.59 Å². The molecule has 2 heterocycles. The summed E-state index contributed by atoms with van der Waals surface area (Å²) >= 11 is 0. The lowest BCUT2D eigenvalue weighted by Crippen LogP contribution is -2.63. The molecule has 0 aromatic heterocycles. The molecule has 2 saturated heterocycles. The Balaban J connectivity index is 1.27. The van der Waals surface area contributed by atoms with Gasteiger partial charge in [0, 0.05) is 5.92 Å². The Hall–Kier alpha value is -1.78. The van der Waals surface area contributed by atoms with Gasteiger partial charge < -0.3 is 54.7 Å². The number of hydrogen-bond donors (Lipinski definition) is 7. The van der Waals surface area contributed by atoms with E-state index in [4.69, 9.17) is 18.9 Å². The summed E-state index contributed by atoms with van der Waals surface area (Å²) in [6.45, 7) is 14.1. The highest BCUT2D eigenvalue weighted by molar-refractivity contribution is 5.81. The Morgan fingerprint density at radius 1 is 0.870 bits per heavy atom. The zero-order valence-corrected chi connectivity index (χ0v) is 32.9. The van der Waals surface area contributed by atoms with E-state index in [0.717, 1.165) is 31.3 Å². The summed E-state index contributed by atoms with van der Waals surface area (Å²) in [5.74, 6) is -0.354. The summed E-state index contributed by atoms with van der Waals surface area (Å²) in [6.07, 6.45) is -2.43. The molecule has 0 unspecified atom stereocenters. The molecule has 7 N–H and O–H groups in total. The third-order valence-corrected chi connectivity index (χ3v) is 15.6. The molecule has 0 bridgehead atoms. The van der Waals surface area contributed by atoms with E-state index in [-0.39, 0.29) is 52.0 Å². The molecule has 13 heteroatoms. The molecule has 0 amide bonds. The fraction of sp³-hybridized carbons (Fsp3) is 0.854. The van der Waals surface area contributed by atoms with Crippen LogP contribution < -0.4 is 0 Å². The van der Waals surface area contributed by atoms with Crippen LogP contribution in [0.4, 0.5) is 0 Å². The first-order valence-corrected chi connectivity index (χ1v) is 19.9. The Morgan fingerprint density at radius 3 is 2.24 bits per heavy atom. The zero-order chi connectivity index (χ0) is 39.8. The first kappa shape index (κ1) is 41.8. The van der Waals surface area contributed by atoms with Gasteiger partial charge in [0.15, 0.2) is 6.29 Å². The van der Waals surface area contributed by atoms with E-state index in [0.29, 0.717) is 31.6 Å². The van der Waals surface area contributed by atoms with Gasteiger partial charge in [0.2, 0.25) is 6.29 Å². The van der Waals surface area contributed by atoms with Crippen LogP contribution in [0.25, 0.3) is 0 Å². The molecule has 4 fully saturated rings. The smallest absolute Gasteiger partial charge is 0.318 e. The summed E-state index contributed by atoms with van der Waals surface area (Å²) in [5, 5.41) is 73.6. The molecule has 2 aliphatic heterocycles. The van der Waals surface area contributed by atoms with Crippen LogP contribution in [0, 0.1) is 44.8 Å². The van der Waals surface area contributed by atoms with E-state index < -0.39 is 73.3 Å². The van der Waals surface area contributed by atoms with Crippen molar-refractivity contribution >= 4 is 11.8 Å². The Bertz CT molecular complexity index is 1480. The molecule has 2 saturated carbocycles. The van der Waals surface area contributed by atoms with Crippen molar-refractivity contribution in [3.05, 3.63) is 23.8 Å². The second-order valence-electron chi connectivity index (χ2n) is 18.9. The topological polar surface area (TPSA) is 213 Å². The molecule has 0 aromatic rings. The molecule has 306 valence electrons. The average Bonchev–Trinajstić information content (AvgIpc) is 3.12. The van der Waals surface area contributed by atoms with Gasteiger partial charge in [-0.2, -0.15) is 0 Å². The highest BCUT2D eigenvalue weighted by Crippen LogP contribution is 2.72. The molecule has 4 aliphatic carbocycles. The minimum Gasteiger partial charge on any atom is -0.432 e. The SMILES string of the molecule is CC(=O)[C@H](C)CC[C@@]1(C(=O)O[C@@H]2O[C@H](CO[C@@H]3OC[C@@H](O)[C@H](O)[C@H]3O)[C@@H](O)[C@H](O)[C@H]2O)C=C2C=C[C@@H]3[C@@]4(C)CC[C@H](O)C(C)(C)[C@@H]4CC[C@@]3(C)[C@]2(C)CC1. The monoisotopic (exact) mass is 764 g/mol. The maximum absolute atomic E-state index is 14.5. The van der Waals surface area contributed by atoms with Crippen molar-refractivity contribution in [1.29, 1.82) is 0 Å². The second-order valence-corrected chi connectivity index (χ2v) is 18.9. The lowest BCUT2D eigenvalue weighted by atomic mass is 9.36. The molecule has 6 rings (SSSR count). The van der Waals surface area contributed by atoms with E-state index in [1.807, 2.05) is 13.0 Å². The van der Waals surface area contributed by atoms with E-state index in [2.05, 4.69) is 46.8 Å². The normalized spacial score (nSPS) is 49.1. The number of ether oxygens (including phenoxy) is 4. The number of aliphatic hydroxyl groups is 7. The summed E-state index contributed by atoms with van der Waals surface area (Å²) in [7, 11) is 0. The number of ketones is 1.